The van der Waals surface area contributed by atoms with Crippen LogP contribution in [0.1, 0.15) is 33.6 Å². The molecule has 0 bridgehead atoms. The molecule has 0 fully saturated rings. The highest BCUT2D eigenvalue weighted by atomic mass is 16.5. The summed E-state index contributed by atoms with van der Waals surface area (Å²) in [6, 6.07) is 3.54. The maximum absolute atomic E-state index is 11.9. The normalized spacial score (nSPS) is 11.6. The number of hydrogen-bond acceptors (Lipinski definition) is 7. The molecule has 2 rings (SSSR count). The first-order valence-electron chi connectivity index (χ1n) is 6.68. The van der Waals surface area contributed by atoms with Crippen molar-refractivity contribution in [3.63, 3.8) is 0 Å². The Hall–Kier alpha value is -3.03. The number of methoxy groups -OCH3 is 1. The van der Waals surface area contributed by atoms with Crippen LogP contribution in [0, 0.1) is 0 Å². The second kappa shape index (κ2) is 7.30. The molecule has 2 aromatic heterocycles. The van der Waals surface area contributed by atoms with Crippen LogP contribution in [0.25, 0.3) is 0 Å². The largest absolute Gasteiger partial charge is 0.465 e. The Balaban J connectivity index is 1.88. The zero-order valence-electron chi connectivity index (χ0n) is 12.5. The quantitative estimate of drug-likeness (QED) is 0.803. The van der Waals surface area contributed by atoms with Gasteiger partial charge in [-0.1, -0.05) is 0 Å². The summed E-state index contributed by atoms with van der Waals surface area (Å²) in [4.78, 5) is 35.1. The van der Waals surface area contributed by atoms with Crippen LogP contribution in [0.2, 0.25) is 0 Å². The fourth-order valence-electron chi connectivity index (χ4n) is 1.74. The van der Waals surface area contributed by atoms with Crippen LogP contribution in [0.5, 0.6) is 0 Å². The van der Waals surface area contributed by atoms with E-state index in [4.69, 9.17) is 13.6 Å². The van der Waals surface area contributed by atoms with Gasteiger partial charge in [0.15, 0.2) is 11.5 Å². The van der Waals surface area contributed by atoms with Gasteiger partial charge in [-0.3, -0.25) is 4.79 Å². The van der Waals surface area contributed by atoms with Crippen LogP contribution in [0.15, 0.2) is 39.6 Å². The second-order valence-electron chi connectivity index (χ2n) is 4.53. The maximum Gasteiger partial charge on any atom is 0.341 e. The summed E-state index contributed by atoms with van der Waals surface area (Å²) in [5.74, 6) is -1.56. The third-order valence-electron chi connectivity index (χ3n) is 2.94. The maximum atomic E-state index is 11.9. The molecule has 1 N–H and O–H groups in total. The summed E-state index contributed by atoms with van der Waals surface area (Å²) in [6.07, 6.45) is 2.64. The number of ether oxygens (including phenoxy) is 2. The predicted molar refractivity (Wildman–Crippen MR) is 75.5 cm³/mol. The SMILES string of the molecule is COC(=O)c1ccoc1COC(=O)[C@H](C)NC(=O)c1ccco1. The third kappa shape index (κ3) is 4.00. The Morgan fingerprint density at radius 2 is 2.00 bits per heavy atom. The average molecular weight is 321 g/mol. The zero-order chi connectivity index (χ0) is 16.8. The molecule has 0 radical (unpaired) electrons. The van der Waals surface area contributed by atoms with E-state index in [0.717, 1.165) is 0 Å². The van der Waals surface area contributed by atoms with E-state index in [9.17, 15) is 14.4 Å². The number of amides is 1. The van der Waals surface area contributed by atoms with E-state index in [1.807, 2.05) is 0 Å². The van der Waals surface area contributed by atoms with E-state index in [1.54, 1.807) is 6.07 Å². The Morgan fingerprint density at radius 1 is 1.22 bits per heavy atom. The summed E-state index contributed by atoms with van der Waals surface area (Å²) >= 11 is 0. The number of carbonyl (C=O) groups excluding carboxylic acids is 3. The Labute approximate surface area is 131 Å². The number of esters is 2. The van der Waals surface area contributed by atoms with E-state index in [-0.39, 0.29) is 23.7 Å². The van der Waals surface area contributed by atoms with Crippen molar-refractivity contribution in [2.45, 2.75) is 19.6 Å². The summed E-state index contributed by atoms with van der Waals surface area (Å²) in [5.41, 5.74) is 0.174. The van der Waals surface area contributed by atoms with Gasteiger partial charge in [0.1, 0.15) is 18.2 Å². The van der Waals surface area contributed by atoms with Crippen LogP contribution < -0.4 is 5.32 Å². The van der Waals surface area contributed by atoms with E-state index >= 15 is 0 Å². The number of furan rings is 2. The van der Waals surface area contributed by atoms with E-state index in [1.165, 1.54) is 38.7 Å². The molecule has 1 amide bonds. The monoisotopic (exact) mass is 321 g/mol. The van der Waals surface area contributed by atoms with Crippen LogP contribution >= 0.6 is 0 Å². The highest BCUT2D eigenvalue weighted by Gasteiger charge is 2.21. The molecule has 0 aliphatic carbocycles. The van der Waals surface area contributed by atoms with E-state index < -0.39 is 23.9 Å². The average Bonchev–Trinajstić information content (AvgIpc) is 3.22. The molecule has 0 unspecified atom stereocenters. The zero-order valence-corrected chi connectivity index (χ0v) is 12.5. The summed E-state index contributed by atoms with van der Waals surface area (Å²) < 4.78 is 19.6. The number of hydrogen-bond donors (Lipinski definition) is 1. The van der Waals surface area contributed by atoms with E-state index in [2.05, 4.69) is 10.1 Å². The lowest BCUT2D eigenvalue weighted by Gasteiger charge is -2.12. The number of rotatable bonds is 6. The van der Waals surface area contributed by atoms with Gasteiger partial charge in [0.05, 0.1) is 19.6 Å². The predicted octanol–water partition coefficient (Wildman–Crippen LogP) is 1.52. The highest BCUT2D eigenvalue weighted by Crippen LogP contribution is 2.13. The fraction of sp³-hybridized carbons (Fsp3) is 0.267. The van der Waals surface area contributed by atoms with Gasteiger partial charge >= 0.3 is 11.9 Å². The standard InChI is InChI=1S/C15H15NO7/c1-9(16-13(17)11-4-3-6-21-11)14(18)23-8-12-10(5-7-22-12)15(19)20-2/h3-7,9H,8H2,1-2H3,(H,16,17)/t9-/m0/s1. The van der Waals surface area contributed by atoms with Crippen molar-refractivity contribution in [3.05, 3.63) is 47.8 Å². The van der Waals surface area contributed by atoms with Crippen molar-refractivity contribution in [3.8, 4) is 0 Å². The topological polar surface area (TPSA) is 108 Å². The lowest BCUT2D eigenvalue weighted by molar-refractivity contribution is -0.147. The first-order chi connectivity index (χ1) is 11.0. The minimum Gasteiger partial charge on any atom is -0.465 e. The molecule has 122 valence electrons. The minimum absolute atomic E-state index is 0.0867. The lowest BCUT2D eigenvalue weighted by atomic mass is 10.2. The van der Waals surface area contributed by atoms with Crippen molar-refractivity contribution in [2.24, 2.45) is 0 Å². The number of carbonyl (C=O) groups is 3. The van der Waals surface area contributed by atoms with Crippen LogP contribution in [-0.4, -0.2) is 31.0 Å². The second-order valence-corrected chi connectivity index (χ2v) is 4.53. The van der Waals surface area contributed by atoms with Gasteiger partial charge in [-0.2, -0.15) is 0 Å². The van der Waals surface area contributed by atoms with Gasteiger partial charge in [-0.15, -0.1) is 0 Å². The summed E-state index contributed by atoms with van der Waals surface area (Å²) in [5, 5.41) is 2.43. The van der Waals surface area contributed by atoms with Crippen LogP contribution in [-0.2, 0) is 20.9 Å². The molecule has 1 atom stereocenters. The Bertz CT molecular complexity index is 687. The minimum atomic E-state index is -0.899. The fourth-order valence-corrected chi connectivity index (χ4v) is 1.74. The van der Waals surface area contributed by atoms with Gasteiger partial charge < -0.3 is 23.6 Å². The van der Waals surface area contributed by atoms with Gasteiger partial charge in [-0.05, 0) is 25.1 Å². The third-order valence-corrected chi connectivity index (χ3v) is 2.94. The molecule has 2 heterocycles. The Morgan fingerprint density at radius 3 is 2.65 bits per heavy atom. The molecule has 8 heteroatoms. The van der Waals surface area contributed by atoms with Crippen molar-refractivity contribution < 1.29 is 32.7 Å². The van der Waals surface area contributed by atoms with Crippen molar-refractivity contribution >= 4 is 17.8 Å². The molecular formula is C15H15NO7. The molecule has 23 heavy (non-hydrogen) atoms. The molecule has 0 saturated heterocycles. The first-order valence-corrected chi connectivity index (χ1v) is 6.68. The van der Waals surface area contributed by atoms with Gasteiger partial charge in [0.25, 0.3) is 5.91 Å². The summed E-state index contributed by atoms with van der Waals surface area (Å²) in [7, 11) is 1.23. The smallest absolute Gasteiger partial charge is 0.341 e. The van der Waals surface area contributed by atoms with Crippen molar-refractivity contribution in [1.82, 2.24) is 5.32 Å². The molecule has 0 aromatic carbocycles. The van der Waals surface area contributed by atoms with Gasteiger partial charge in [0, 0.05) is 0 Å². The number of nitrogens with one attached hydrogen (secondary N) is 1. The van der Waals surface area contributed by atoms with Gasteiger partial charge in [0.2, 0.25) is 0 Å². The first kappa shape index (κ1) is 16.3. The van der Waals surface area contributed by atoms with Crippen LogP contribution in [0.3, 0.4) is 0 Å². The molecule has 8 nitrogen and oxygen atoms in total. The Kier molecular flexibility index (Phi) is 5.19. The van der Waals surface area contributed by atoms with Crippen LogP contribution in [0.4, 0.5) is 0 Å². The highest BCUT2D eigenvalue weighted by molar-refractivity contribution is 5.94. The molecule has 0 saturated carbocycles. The lowest BCUT2D eigenvalue weighted by Crippen LogP contribution is -2.39. The van der Waals surface area contributed by atoms with Gasteiger partial charge in [-0.25, -0.2) is 9.59 Å². The molecular weight excluding hydrogens is 306 g/mol. The summed E-state index contributed by atoms with van der Waals surface area (Å²) in [6.45, 7) is 1.21. The van der Waals surface area contributed by atoms with E-state index in [0.29, 0.717) is 0 Å². The van der Waals surface area contributed by atoms with Crippen molar-refractivity contribution in [2.75, 3.05) is 7.11 Å². The molecule has 0 spiro atoms. The molecule has 0 aliphatic rings. The van der Waals surface area contributed by atoms with Crippen molar-refractivity contribution in [1.29, 1.82) is 0 Å². The molecule has 0 aliphatic heterocycles. The molecule has 2 aromatic rings.